The van der Waals surface area contributed by atoms with Gasteiger partial charge in [0, 0.05) is 20.2 Å². The van der Waals surface area contributed by atoms with Crippen molar-refractivity contribution in [2.24, 2.45) is 0 Å². The van der Waals surface area contributed by atoms with Crippen molar-refractivity contribution in [3.05, 3.63) is 18.1 Å². The minimum atomic E-state index is -1.06. The van der Waals surface area contributed by atoms with Gasteiger partial charge in [0.1, 0.15) is 5.82 Å². The maximum atomic E-state index is 10.8. The monoisotopic (exact) mass is 237 g/mol. The first-order valence-corrected chi connectivity index (χ1v) is 5.55. The Labute approximate surface area is 99.2 Å². The number of hydrogen-bond donors (Lipinski definition) is 1. The van der Waals surface area contributed by atoms with Crippen molar-refractivity contribution >= 4 is 11.8 Å². The fraction of sp³-hybridized carbons (Fsp3) is 0.545. The molecule has 0 radical (unpaired) electrons. The molecule has 0 aliphatic carbocycles. The molecule has 1 aliphatic rings. The summed E-state index contributed by atoms with van der Waals surface area (Å²) in [5.74, 6) is -0.509. The first-order valence-electron chi connectivity index (χ1n) is 5.55. The molecule has 17 heavy (non-hydrogen) atoms. The Morgan fingerprint density at radius 2 is 2.47 bits per heavy atom. The largest absolute Gasteiger partial charge is 0.476 e. The molecule has 6 nitrogen and oxygen atoms in total. The molecular formula is C11H15N3O3. The molecule has 1 unspecified atom stereocenters. The van der Waals surface area contributed by atoms with Crippen LogP contribution in [-0.4, -0.2) is 47.3 Å². The Morgan fingerprint density at radius 3 is 3.12 bits per heavy atom. The Hall–Kier alpha value is -1.69. The van der Waals surface area contributed by atoms with E-state index in [1.807, 2.05) is 11.9 Å². The number of carboxylic acid groups (broad SMARTS) is 1. The van der Waals surface area contributed by atoms with Gasteiger partial charge in [-0.25, -0.2) is 9.78 Å². The number of aromatic nitrogens is 2. The summed E-state index contributed by atoms with van der Waals surface area (Å²) in [5.41, 5.74) is -0.0401. The van der Waals surface area contributed by atoms with E-state index in [-0.39, 0.29) is 11.8 Å². The van der Waals surface area contributed by atoms with Gasteiger partial charge in [-0.05, 0) is 12.8 Å². The van der Waals surface area contributed by atoms with E-state index in [1.165, 1.54) is 6.20 Å². The topological polar surface area (TPSA) is 75.5 Å². The van der Waals surface area contributed by atoms with Crippen LogP contribution in [-0.2, 0) is 4.74 Å². The van der Waals surface area contributed by atoms with Crippen molar-refractivity contribution < 1.29 is 14.6 Å². The molecule has 2 rings (SSSR count). The highest BCUT2D eigenvalue weighted by Crippen LogP contribution is 2.15. The second-order valence-corrected chi connectivity index (χ2v) is 4.08. The van der Waals surface area contributed by atoms with Crippen molar-refractivity contribution in [2.45, 2.75) is 18.9 Å². The zero-order chi connectivity index (χ0) is 12.3. The lowest BCUT2D eigenvalue weighted by Crippen LogP contribution is -2.29. The van der Waals surface area contributed by atoms with Gasteiger partial charge in [-0.3, -0.25) is 4.98 Å². The highest BCUT2D eigenvalue weighted by Gasteiger charge is 2.18. The molecule has 6 heteroatoms. The molecule has 2 heterocycles. The van der Waals surface area contributed by atoms with Crippen LogP contribution in [0.1, 0.15) is 23.3 Å². The lowest BCUT2D eigenvalue weighted by atomic mass is 10.2. The van der Waals surface area contributed by atoms with Crippen LogP contribution in [0.25, 0.3) is 0 Å². The molecule has 1 saturated heterocycles. The number of anilines is 1. The minimum absolute atomic E-state index is 0.0401. The SMILES string of the molecule is CN(CC1CCCO1)c1cncc(C(=O)O)n1. The predicted molar refractivity (Wildman–Crippen MR) is 61.2 cm³/mol. The predicted octanol–water partition coefficient (Wildman–Crippen LogP) is 0.790. The van der Waals surface area contributed by atoms with Crippen LogP contribution >= 0.6 is 0 Å². The quantitative estimate of drug-likeness (QED) is 0.834. The summed E-state index contributed by atoms with van der Waals surface area (Å²) < 4.78 is 5.52. The van der Waals surface area contributed by atoms with E-state index < -0.39 is 5.97 Å². The van der Waals surface area contributed by atoms with Gasteiger partial charge in [0.05, 0.1) is 18.5 Å². The molecule has 0 aromatic carbocycles. The Kier molecular flexibility index (Phi) is 3.53. The molecule has 0 amide bonds. The molecule has 0 saturated carbocycles. The normalized spacial score (nSPS) is 19.2. The third-order valence-corrected chi connectivity index (χ3v) is 2.73. The number of carboxylic acids is 1. The molecule has 1 aliphatic heterocycles. The molecule has 1 aromatic rings. The first-order chi connectivity index (χ1) is 8.16. The summed E-state index contributed by atoms with van der Waals surface area (Å²) in [6.07, 6.45) is 5.12. The van der Waals surface area contributed by atoms with E-state index in [0.717, 1.165) is 19.4 Å². The molecular weight excluding hydrogens is 222 g/mol. The van der Waals surface area contributed by atoms with Crippen molar-refractivity contribution in [3.63, 3.8) is 0 Å². The van der Waals surface area contributed by atoms with Gasteiger partial charge in [-0.2, -0.15) is 0 Å². The molecule has 0 bridgehead atoms. The number of likely N-dealkylation sites (N-methyl/N-ethyl adjacent to an activating group) is 1. The average molecular weight is 237 g/mol. The highest BCUT2D eigenvalue weighted by atomic mass is 16.5. The van der Waals surface area contributed by atoms with E-state index in [9.17, 15) is 4.79 Å². The summed E-state index contributed by atoms with van der Waals surface area (Å²) in [7, 11) is 1.86. The van der Waals surface area contributed by atoms with Crippen LogP contribution in [0.3, 0.4) is 0 Å². The molecule has 92 valence electrons. The van der Waals surface area contributed by atoms with E-state index in [1.54, 1.807) is 6.20 Å². The van der Waals surface area contributed by atoms with Crippen LogP contribution in [0.4, 0.5) is 5.82 Å². The van der Waals surface area contributed by atoms with Crippen molar-refractivity contribution in [3.8, 4) is 0 Å². The fourth-order valence-corrected chi connectivity index (χ4v) is 1.83. The summed E-state index contributed by atoms with van der Waals surface area (Å²) in [6, 6.07) is 0. The summed E-state index contributed by atoms with van der Waals surface area (Å²) >= 11 is 0. The van der Waals surface area contributed by atoms with Crippen LogP contribution in [0.2, 0.25) is 0 Å². The second kappa shape index (κ2) is 5.09. The van der Waals surface area contributed by atoms with Crippen LogP contribution in [0.15, 0.2) is 12.4 Å². The third-order valence-electron chi connectivity index (χ3n) is 2.73. The van der Waals surface area contributed by atoms with Gasteiger partial charge in [0.25, 0.3) is 0 Å². The molecule has 1 atom stereocenters. The van der Waals surface area contributed by atoms with Gasteiger partial charge in [-0.1, -0.05) is 0 Å². The van der Waals surface area contributed by atoms with Gasteiger partial charge in [-0.15, -0.1) is 0 Å². The zero-order valence-electron chi connectivity index (χ0n) is 9.67. The van der Waals surface area contributed by atoms with Crippen LogP contribution in [0, 0.1) is 0 Å². The van der Waals surface area contributed by atoms with E-state index in [4.69, 9.17) is 9.84 Å². The number of carbonyl (C=O) groups is 1. The number of aromatic carboxylic acids is 1. The maximum Gasteiger partial charge on any atom is 0.356 e. The zero-order valence-corrected chi connectivity index (χ0v) is 9.67. The smallest absolute Gasteiger partial charge is 0.356 e. The van der Waals surface area contributed by atoms with E-state index in [0.29, 0.717) is 12.4 Å². The fourth-order valence-electron chi connectivity index (χ4n) is 1.83. The standard InChI is InChI=1S/C11H15N3O3/c1-14(7-8-3-2-4-17-8)10-6-12-5-9(13-10)11(15)16/h5-6,8H,2-4,7H2,1H3,(H,15,16). The molecule has 1 fully saturated rings. The van der Waals surface area contributed by atoms with Crippen molar-refractivity contribution in [2.75, 3.05) is 25.1 Å². The van der Waals surface area contributed by atoms with Crippen molar-refractivity contribution in [1.82, 2.24) is 9.97 Å². The van der Waals surface area contributed by atoms with Gasteiger partial charge < -0.3 is 14.7 Å². The lowest BCUT2D eigenvalue weighted by Gasteiger charge is -2.21. The second-order valence-electron chi connectivity index (χ2n) is 4.08. The molecule has 1 aromatic heterocycles. The number of nitrogens with zero attached hydrogens (tertiary/aromatic N) is 3. The van der Waals surface area contributed by atoms with Crippen LogP contribution in [0.5, 0.6) is 0 Å². The molecule has 1 N–H and O–H groups in total. The van der Waals surface area contributed by atoms with Gasteiger partial charge in [0.15, 0.2) is 5.69 Å². The Morgan fingerprint density at radius 1 is 1.65 bits per heavy atom. The Balaban J connectivity index is 2.04. The van der Waals surface area contributed by atoms with Crippen LogP contribution < -0.4 is 4.90 Å². The summed E-state index contributed by atoms with van der Waals surface area (Å²) in [4.78, 5) is 20.5. The maximum absolute atomic E-state index is 10.8. The van der Waals surface area contributed by atoms with Gasteiger partial charge in [0.2, 0.25) is 0 Å². The summed E-state index contributed by atoms with van der Waals surface area (Å²) in [5, 5.41) is 8.83. The van der Waals surface area contributed by atoms with E-state index in [2.05, 4.69) is 9.97 Å². The van der Waals surface area contributed by atoms with E-state index >= 15 is 0 Å². The minimum Gasteiger partial charge on any atom is -0.476 e. The lowest BCUT2D eigenvalue weighted by molar-refractivity contribution is 0.0690. The number of ether oxygens (including phenoxy) is 1. The molecule has 0 spiro atoms. The Bertz CT molecular complexity index is 405. The third kappa shape index (κ3) is 2.91. The number of rotatable bonds is 4. The van der Waals surface area contributed by atoms with Gasteiger partial charge >= 0.3 is 5.97 Å². The summed E-state index contributed by atoms with van der Waals surface area (Å²) in [6.45, 7) is 1.51. The highest BCUT2D eigenvalue weighted by molar-refractivity contribution is 5.85. The average Bonchev–Trinajstić information content (AvgIpc) is 2.82. The van der Waals surface area contributed by atoms with Crippen molar-refractivity contribution in [1.29, 1.82) is 0 Å². The number of hydrogen-bond acceptors (Lipinski definition) is 5. The first kappa shape index (κ1) is 11.8.